The number of halogens is 4. The summed E-state index contributed by atoms with van der Waals surface area (Å²) in [5.74, 6) is 0. The lowest BCUT2D eigenvalue weighted by Gasteiger charge is -2.19. The summed E-state index contributed by atoms with van der Waals surface area (Å²) in [5.41, 5.74) is 3.12. The maximum Gasteiger partial charge on any atom is 0.673 e. The van der Waals surface area contributed by atoms with Crippen LogP contribution in [0.3, 0.4) is 0 Å². The molecule has 128 valence electrons. The van der Waals surface area contributed by atoms with E-state index in [9.17, 15) is 17.3 Å². The number of aryl methyl sites for hydroxylation is 1. The first-order valence-corrected chi connectivity index (χ1v) is 7.82. The van der Waals surface area contributed by atoms with Gasteiger partial charge >= 0.3 is 7.25 Å². The third kappa shape index (κ3) is 5.52. The fraction of sp³-hybridized carbons (Fsp3) is 0.471. The molecule has 0 N–H and O–H groups in total. The van der Waals surface area contributed by atoms with Crippen molar-refractivity contribution < 1.29 is 21.8 Å². The van der Waals surface area contributed by atoms with Crippen LogP contribution in [0.4, 0.5) is 17.3 Å². The van der Waals surface area contributed by atoms with E-state index in [1.807, 2.05) is 0 Å². The van der Waals surface area contributed by atoms with Gasteiger partial charge in [-0.25, -0.2) is 0 Å². The number of hydrogen-bond donors (Lipinski definition) is 0. The normalized spacial score (nSPS) is 12.0. The third-order valence-corrected chi connectivity index (χ3v) is 3.60. The number of benzene rings is 1. The molecule has 1 aromatic carbocycles. The lowest BCUT2D eigenvalue weighted by Crippen LogP contribution is -2.53. The zero-order valence-corrected chi connectivity index (χ0v) is 14.3. The Morgan fingerprint density at radius 2 is 1.48 bits per heavy atom. The summed E-state index contributed by atoms with van der Waals surface area (Å²) in [6, 6.07) is 8.74. The second-order valence-corrected chi connectivity index (χ2v) is 6.38. The molecule has 0 unspecified atom stereocenters. The Bertz CT molecular complexity index is 654. The molecule has 2 aromatic rings. The van der Waals surface area contributed by atoms with Crippen LogP contribution in [0.15, 0.2) is 30.5 Å². The molecule has 0 amide bonds. The molecule has 1 heterocycles. The molecule has 2 rings (SSSR count). The van der Waals surface area contributed by atoms with Crippen molar-refractivity contribution in [3.05, 3.63) is 41.7 Å². The van der Waals surface area contributed by atoms with E-state index in [4.69, 9.17) is 0 Å². The van der Waals surface area contributed by atoms with Crippen LogP contribution < -0.4 is 4.57 Å². The molecule has 0 bridgehead atoms. The van der Waals surface area contributed by atoms with E-state index in [-0.39, 0.29) is 5.54 Å². The van der Waals surface area contributed by atoms with Crippen molar-refractivity contribution in [1.82, 2.24) is 0 Å². The van der Waals surface area contributed by atoms with Gasteiger partial charge in [-0.3, -0.25) is 0 Å². The van der Waals surface area contributed by atoms with Crippen LogP contribution in [-0.2, 0) is 18.4 Å². The standard InChI is InChI=1S/C17H24N.BF4/c1-6-14-15-11-9-8-10-13(15)12-18(16(14)7-2)17(3,4)5;2-1(3,4)5/h8-12H,6-7H2,1-5H3;/q+1;-1. The molecule has 23 heavy (non-hydrogen) atoms. The van der Waals surface area contributed by atoms with Crippen molar-refractivity contribution in [2.45, 2.75) is 53.0 Å². The van der Waals surface area contributed by atoms with Gasteiger partial charge in [0, 0.05) is 38.1 Å². The summed E-state index contributed by atoms with van der Waals surface area (Å²) in [7, 11) is -6.00. The molecule has 1 nitrogen and oxygen atoms in total. The largest absolute Gasteiger partial charge is 0.673 e. The van der Waals surface area contributed by atoms with Gasteiger partial charge in [0.15, 0.2) is 17.4 Å². The zero-order valence-electron chi connectivity index (χ0n) is 14.3. The highest BCUT2D eigenvalue weighted by atomic mass is 19.5. The second kappa shape index (κ2) is 7.32. The van der Waals surface area contributed by atoms with Gasteiger partial charge in [0.2, 0.25) is 0 Å². The fourth-order valence-corrected chi connectivity index (χ4v) is 2.78. The molecule has 0 spiro atoms. The summed E-state index contributed by atoms with van der Waals surface area (Å²) in [6.45, 7) is 11.3. The van der Waals surface area contributed by atoms with E-state index >= 15 is 0 Å². The van der Waals surface area contributed by atoms with Gasteiger partial charge in [-0.15, -0.1) is 0 Å². The predicted molar refractivity (Wildman–Crippen MR) is 88.1 cm³/mol. The highest BCUT2D eigenvalue weighted by molar-refractivity contribution is 6.50. The minimum atomic E-state index is -6.00. The molecule has 0 aliphatic heterocycles. The molecule has 0 saturated carbocycles. The van der Waals surface area contributed by atoms with Crippen molar-refractivity contribution in [2.24, 2.45) is 0 Å². The SMILES string of the molecule is CCc1c(CC)[n+](C(C)(C)C)cc2ccccc12.F[B-](F)(F)F. The predicted octanol–water partition coefficient (Wildman–Crippen LogP) is 5.31. The molecule has 0 aliphatic rings. The Morgan fingerprint density at radius 1 is 0.957 bits per heavy atom. The second-order valence-electron chi connectivity index (χ2n) is 6.38. The van der Waals surface area contributed by atoms with Gasteiger partial charge in [0.05, 0.1) is 0 Å². The maximum atomic E-state index is 9.75. The number of fused-ring (bicyclic) bond motifs is 1. The highest BCUT2D eigenvalue weighted by Crippen LogP contribution is 2.22. The Labute approximate surface area is 135 Å². The molecule has 0 fully saturated rings. The molecule has 6 heteroatoms. The van der Waals surface area contributed by atoms with Gasteiger partial charge in [0.1, 0.15) is 0 Å². The summed E-state index contributed by atoms with van der Waals surface area (Å²) >= 11 is 0. The zero-order chi connectivity index (χ0) is 17.8. The maximum absolute atomic E-state index is 9.75. The Morgan fingerprint density at radius 3 is 1.91 bits per heavy atom. The van der Waals surface area contributed by atoms with Gasteiger partial charge in [-0.2, -0.15) is 4.57 Å². The van der Waals surface area contributed by atoms with E-state index in [0.29, 0.717) is 0 Å². The van der Waals surface area contributed by atoms with E-state index in [0.717, 1.165) is 12.8 Å². The smallest absolute Gasteiger partial charge is 0.418 e. The first kappa shape index (κ1) is 19.5. The van der Waals surface area contributed by atoms with Crippen LogP contribution in [0.1, 0.15) is 45.9 Å². The first-order chi connectivity index (χ1) is 10.5. The molecular weight excluding hydrogens is 305 g/mol. The minimum Gasteiger partial charge on any atom is -0.418 e. The lowest BCUT2D eigenvalue weighted by molar-refractivity contribution is -0.759. The molecular formula is C17H24BF4N. The van der Waals surface area contributed by atoms with Crippen LogP contribution in [0.25, 0.3) is 10.8 Å². The topological polar surface area (TPSA) is 3.88 Å². The number of pyridine rings is 1. The molecule has 0 saturated heterocycles. The fourth-order valence-electron chi connectivity index (χ4n) is 2.78. The van der Waals surface area contributed by atoms with Crippen LogP contribution in [0, 0.1) is 0 Å². The van der Waals surface area contributed by atoms with Crippen molar-refractivity contribution in [3.63, 3.8) is 0 Å². The number of rotatable bonds is 2. The van der Waals surface area contributed by atoms with Crippen LogP contribution in [0.5, 0.6) is 0 Å². The molecule has 0 aliphatic carbocycles. The van der Waals surface area contributed by atoms with Crippen molar-refractivity contribution >= 4 is 18.0 Å². The average molecular weight is 329 g/mol. The average Bonchev–Trinajstić information content (AvgIpc) is 2.42. The third-order valence-electron chi connectivity index (χ3n) is 3.60. The molecule has 0 radical (unpaired) electrons. The quantitative estimate of drug-likeness (QED) is 0.399. The number of hydrogen-bond acceptors (Lipinski definition) is 0. The number of nitrogens with zero attached hydrogens (tertiary/aromatic N) is 1. The van der Waals surface area contributed by atoms with E-state index < -0.39 is 7.25 Å². The van der Waals surface area contributed by atoms with Gasteiger partial charge in [-0.05, 0) is 17.9 Å². The van der Waals surface area contributed by atoms with Gasteiger partial charge in [-0.1, -0.05) is 32.0 Å². The van der Waals surface area contributed by atoms with Crippen molar-refractivity contribution in [3.8, 4) is 0 Å². The lowest BCUT2D eigenvalue weighted by atomic mass is 9.97. The van der Waals surface area contributed by atoms with Gasteiger partial charge in [0.25, 0.3) is 0 Å². The van der Waals surface area contributed by atoms with E-state index in [1.165, 1.54) is 22.0 Å². The molecule has 0 atom stereocenters. The van der Waals surface area contributed by atoms with Crippen LogP contribution >= 0.6 is 0 Å². The summed E-state index contributed by atoms with van der Waals surface area (Å²) in [5, 5.41) is 2.76. The first-order valence-electron chi connectivity index (χ1n) is 7.82. The summed E-state index contributed by atoms with van der Waals surface area (Å²) in [6.07, 6.45) is 4.50. The monoisotopic (exact) mass is 329 g/mol. The Kier molecular flexibility index (Phi) is 6.20. The van der Waals surface area contributed by atoms with Crippen LogP contribution in [-0.4, -0.2) is 7.25 Å². The van der Waals surface area contributed by atoms with Crippen molar-refractivity contribution in [1.29, 1.82) is 0 Å². The Balaban J connectivity index is 0.000000463. The Hall–Kier alpha value is -1.59. The van der Waals surface area contributed by atoms with E-state index in [2.05, 4.69) is 69.6 Å². The molecule has 1 aromatic heterocycles. The number of aromatic nitrogens is 1. The van der Waals surface area contributed by atoms with Crippen molar-refractivity contribution in [2.75, 3.05) is 0 Å². The summed E-state index contributed by atoms with van der Waals surface area (Å²) < 4.78 is 41.5. The highest BCUT2D eigenvalue weighted by Gasteiger charge is 2.28. The minimum absolute atomic E-state index is 0.138. The summed E-state index contributed by atoms with van der Waals surface area (Å²) in [4.78, 5) is 0. The van der Waals surface area contributed by atoms with Crippen LogP contribution in [0.2, 0.25) is 0 Å². The van der Waals surface area contributed by atoms with E-state index in [1.54, 1.807) is 0 Å². The van der Waals surface area contributed by atoms with Gasteiger partial charge < -0.3 is 17.3 Å².